The molecule has 3 aliphatic rings. The number of carbonyl (C=O) groups excluding carboxylic acids is 4. The maximum atomic E-state index is 13.0. The molecule has 0 spiro atoms. The average molecular weight is 480 g/mol. The van der Waals surface area contributed by atoms with Crippen molar-refractivity contribution in [3.63, 3.8) is 0 Å². The zero-order valence-electron chi connectivity index (χ0n) is 18.8. The van der Waals surface area contributed by atoms with Crippen molar-refractivity contribution in [2.45, 2.75) is 18.5 Å². The molecule has 3 amide bonds. The molecule has 182 valence electrons. The van der Waals surface area contributed by atoms with Crippen LogP contribution >= 0.6 is 0 Å². The van der Waals surface area contributed by atoms with Crippen LogP contribution in [0.5, 0.6) is 0 Å². The predicted octanol–water partition coefficient (Wildman–Crippen LogP) is 1.21. The van der Waals surface area contributed by atoms with Crippen LogP contribution in [0.4, 0.5) is 10.6 Å². The van der Waals surface area contributed by atoms with Crippen molar-refractivity contribution in [2.24, 2.45) is 0 Å². The van der Waals surface area contributed by atoms with Gasteiger partial charge >= 0.3 is 12.1 Å². The molecule has 0 aromatic carbocycles. The summed E-state index contributed by atoms with van der Waals surface area (Å²) in [5.74, 6) is -1.05. The largest absolute Gasteiger partial charge is 0.489 e. The first-order valence-corrected chi connectivity index (χ1v) is 10.9. The fourth-order valence-corrected chi connectivity index (χ4v) is 3.97. The highest BCUT2D eigenvalue weighted by molar-refractivity contribution is 6.08. The number of nitrogens with zero attached hydrogens (tertiary/aromatic N) is 3. The summed E-state index contributed by atoms with van der Waals surface area (Å²) in [4.78, 5) is 57.6. The molecule has 11 nitrogen and oxygen atoms in total. The van der Waals surface area contributed by atoms with Gasteiger partial charge in [0.25, 0.3) is 11.8 Å². The van der Waals surface area contributed by atoms with Gasteiger partial charge in [0.1, 0.15) is 37.7 Å². The van der Waals surface area contributed by atoms with Crippen molar-refractivity contribution in [3.05, 3.63) is 72.8 Å². The van der Waals surface area contributed by atoms with Gasteiger partial charge in [0.05, 0.1) is 0 Å². The number of anilines is 1. The summed E-state index contributed by atoms with van der Waals surface area (Å²) in [6.07, 6.45) is 5.45. The van der Waals surface area contributed by atoms with E-state index < -0.39 is 30.1 Å². The Labute approximate surface area is 201 Å². The molecule has 1 aromatic rings. The number of amides is 3. The number of rotatable bonds is 8. The number of carbonyl (C=O) groups is 4. The summed E-state index contributed by atoms with van der Waals surface area (Å²) < 4.78 is 15.8. The smallest absolute Gasteiger partial charge is 0.408 e. The molecule has 11 heteroatoms. The lowest BCUT2D eigenvalue weighted by atomic mass is 9.92. The number of hydrogen-bond donors (Lipinski definition) is 1. The Hall–Kier alpha value is -4.41. The number of alkyl carbamates (subject to hydrolysis) is 1. The van der Waals surface area contributed by atoms with E-state index >= 15 is 0 Å². The van der Waals surface area contributed by atoms with E-state index in [4.69, 9.17) is 14.2 Å². The highest BCUT2D eigenvalue weighted by atomic mass is 16.6. The number of aromatic nitrogens is 1. The number of esters is 1. The number of ether oxygens (including phenoxy) is 3. The third-order valence-electron chi connectivity index (χ3n) is 5.59. The van der Waals surface area contributed by atoms with Crippen LogP contribution in [0.2, 0.25) is 0 Å². The summed E-state index contributed by atoms with van der Waals surface area (Å²) in [5, 5.41) is 2.47. The van der Waals surface area contributed by atoms with Crippen molar-refractivity contribution in [2.75, 3.05) is 31.3 Å². The Bertz CT molecular complexity index is 1130. The minimum atomic E-state index is -0.934. The molecular weight excluding hydrogens is 456 g/mol. The van der Waals surface area contributed by atoms with Gasteiger partial charge < -0.3 is 19.5 Å². The van der Waals surface area contributed by atoms with Crippen LogP contribution in [-0.4, -0.2) is 72.2 Å². The highest BCUT2D eigenvalue weighted by Crippen LogP contribution is 2.35. The lowest BCUT2D eigenvalue weighted by molar-refractivity contribution is -0.160. The Balaban J connectivity index is 1.59. The zero-order valence-corrected chi connectivity index (χ0v) is 18.8. The molecule has 1 aromatic heterocycles. The van der Waals surface area contributed by atoms with Crippen molar-refractivity contribution in [3.8, 4) is 0 Å². The second-order valence-electron chi connectivity index (χ2n) is 7.76. The third kappa shape index (κ3) is 4.65. The quantitative estimate of drug-likeness (QED) is 0.255. The van der Waals surface area contributed by atoms with E-state index in [1.165, 1.54) is 28.0 Å². The van der Waals surface area contributed by atoms with Crippen LogP contribution in [0, 0.1) is 0 Å². The predicted molar refractivity (Wildman–Crippen MR) is 123 cm³/mol. The summed E-state index contributed by atoms with van der Waals surface area (Å²) in [5.41, 5.74) is 0.260. The molecule has 2 fully saturated rings. The molecule has 4 heterocycles. The van der Waals surface area contributed by atoms with Crippen molar-refractivity contribution < 1.29 is 33.4 Å². The number of pyridine rings is 1. The molecular formula is C24H24N4O7. The van der Waals surface area contributed by atoms with Gasteiger partial charge in [0, 0.05) is 18.3 Å². The molecule has 0 bridgehead atoms. The lowest BCUT2D eigenvalue weighted by Crippen LogP contribution is -2.73. The van der Waals surface area contributed by atoms with Gasteiger partial charge in [-0.2, -0.15) is 0 Å². The summed E-state index contributed by atoms with van der Waals surface area (Å²) >= 11 is 0. The summed E-state index contributed by atoms with van der Waals surface area (Å²) in [6, 6.07) is 3.69. The maximum Gasteiger partial charge on any atom is 0.408 e. The Morgan fingerprint density at radius 3 is 2.69 bits per heavy atom. The molecule has 0 unspecified atom stereocenters. The first kappa shape index (κ1) is 23.7. The van der Waals surface area contributed by atoms with Gasteiger partial charge in [-0.3, -0.25) is 19.4 Å². The van der Waals surface area contributed by atoms with Gasteiger partial charge in [-0.1, -0.05) is 31.4 Å². The van der Waals surface area contributed by atoms with Crippen molar-refractivity contribution in [1.29, 1.82) is 0 Å². The molecule has 0 saturated carbocycles. The SMILES string of the molecule is C=CCOC(=O)N[C@@H]1C(=O)N2C(C(=O)OCC=C)=C(C=C3CCN(c4ccccn4)C3=O)OC[C@H]12. The molecule has 4 rings (SSSR count). The molecule has 35 heavy (non-hydrogen) atoms. The zero-order chi connectivity index (χ0) is 24.9. The number of fused-ring (bicyclic) bond motifs is 1. The first-order valence-electron chi connectivity index (χ1n) is 10.9. The van der Waals surface area contributed by atoms with E-state index in [0.29, 0.717) is 24.4 Å². The van der Waals surface area contributed by atoms with Crippen LogP contribution in [0.25, 0.3) is 0 Å². The molecule has 2 saturated heterocycles. The van der Waals surface area contributed by atoms with E-state index in [2.05, 4.69) is 23.5 Å². The first-order chi connectivity index (χ1) is 17.0. The van der Waals surface area contributed by atoms with E-state index in [0.717, 1.165) is 0 Å². The third-order valence-corrected chi connectivity index (χ3v) is 5.59. The van der Waals surface area contributed by atoms with Gasteiger partial charge in [0.15, 0.2) is 11.5 Å². The molecule has 0 radical (unpaired) electrons. The van der Waals surface area contributed by atoms with Crippen LogP contribution in [0.15, 0.2) is 72.8 Å². The Morgan fingerprint density at radius 1 is 1.20 bits per heavy atom. The second-order valence-corrected chi connectivity index (χ2v) is 7.76. The van der Waals surface area contributed by atoms with E-state index in [-0.39, 0.29) is 37.2 Å². The van der Waals surface area contributed by atoms with E-state index in [1.54, 1.807) is 24.4 Å². The minimum Gasteiger partial charge on any atom is -0.489 e. The number of β-lactam (4-membered cyclic amide) rings is 1. The lowest BCUT2D eigenvalue weighted by Gasteiger charge is -2.49. The second kappa shape index (κ2) is 10.2. The summed E-state index contributed by atoms with van der Waals surface area (Å²) in [6.45, 7) is 7.28. The van der Waals surface area contributed by atoms with Crippen molar-refractivity contribution >= 4 is 29.7 Å². The average Bonchev–Trinajstić information content (AvgIpc) is 3.24. The Kier molecular flexibility index (Phi) is 6.95. The fourth-order valence-electron chi connectivity index (χ4n) is 3.97. The number of hydrogen-bond acceptors (Lipinski definition) is 8. The molecule has 3 aliphatic heterocycles. The molecule has 0 aliphatic carbocycles. The summed E-state index contributed by atoms with van der Waals surface area (Å²) in [7, 11) is 0. The van der Waals surface area contributed by atoms with E-state index in [1.807, 2.05) is 0 Å². The highest BCUT2D eigenvalue weighted by Gasteiger charge is 2.55. The van der Waals surface area contributed by atoms with Crippen LogP contribution in [0.3, 0.4) is 0 Å². The van der Waals surface area contributed by atoms with Crippen molar-refractivity contribution in [1.82, 2.24) is 15.2 Å². The minimum absolute atomic E-state index is 0.00631. The van der Waals surface area contributed by atoms with Crippen LogP contribution < -0.4 is 10.2 Å². The Morgan fingerprint density at radius 2 is 1.97 bits per heavy atom. The van der Waals surface area contributed by atoms with Gasteiger partial charge in [0.2, 0.25) is 0 Å². The van der Waals surface area contributed by atoms with Crippen LogP contribution in [-0.2, 0) is 28.6 Å². The topological polar surface area (TPSA) is 127 Å². The standard InChI is InChI=1S/C24H24N4O7/c1-3-11-33-23(31)20-17(13-15-8-10-27(21(15)29)18-7-5-6-9-25-18)35-14-16-19(22(30)28(16)20)26-24(32)34-12-4-2/h3-7,9,13,16,19H,1-2,8,10-12,14H2,(H,26,32)/t16-,19+/m1/s1. The van der Waals surface area contributed by atoms with E-state index in [9.17, 15) is 19.2 Å². The van der Waals surface area contributed by atoms with Gasteiger partial charge in [-0.15, -0.1) is 0 Å². The van der Waals surface area contributed by atoms with Gasteiger partial charge in [-0.25, -0.2) is 14.6 Å². The molecule has 1 N–H and O–H groups in total. The van der Waals surface area contributed by atoms with Gasteiger partial charge in [-0.05, 0) is 24.6 Å². The maximum absolute atomic E-state index is 13.0. The number of allylic oxidation sites excluding steroid dienone is 1. The monoisotopic (exact) mass is 480 g/mol. The normalized spacial score (nSPS) is 22.2. The fraction of sp³-hybridized carbons (Fsp3) is 0.292. The number of nitrogens with one attached hydrogen (secondary N) is 1. The van der Waals surface area contributed by atoms with Crippen LogP contribution in [0.1, 0.15) is 6.42 Å². The molecule has 2 atom stereocenters.